The molecular formula is C20H26N6O3S. The first-order valence-corrected chi connectivity index (χ1v) is 10.7. The van der Waals surface area contributed by atoms with Crippen LogP contribution < -0.4 is 15.4 Å². The Morgan fingerprint density at radius 2 is 2.03 bits per heavy atom. The number of amides is 1. The fourth-order valence-corrected chi connectivity index (χ4v) is 3.47. The maximum Gasteiger partial charge on any atom is 0.255 e. The summed E-state index contributed by atoms with van der Waals surface area (Å²) in [5.41, 5.74) is 1.23. The smallest absolute Gasteiger partial charge is 0.255 e. The molecule has 10 heteroatoms. The number of rotatable bonds is 11. The van der Waals surface area contributed by atoms with Gasteiger partial charge in [-0.05, 0) is 17.9 Å². The number of carbonyl (C=O) groups excluding carboxylic acids is 1. The number of hydrogen-bond donors (Lipinski definition) is 2. The highest BCUT2D eigenvalue weighted by Crippen LogP contribution is 2.24. The first-order valence-electron chi connectivity index (χ1n) is 9.68. The predicted octanol–water partition coefficient (Wildman–Crippen LogP) is 2.44. The van der Waals surface area contributed by atoms with Gasteiger partial charge in [-0.1, -0.05) is 30.8 Å². The molecule has 0 aliphatic rings. The molecule has 9 nitrogen and oxygen atoms in total. The van der Waals surface area contributed by atoms with Gasteiger partial charge in [-0.2, -0.15) is 5.10 Å². The summed E-state index contributed by atoms with van der Waals surface area (Å²) >= 11 is 1.57. The molecule has 1 aromatic carbocycles. The minimum absolute atomic E-state index is 0.192. The van der Waals surface area contributed by atoms with Crippen molar-refractivity contribution in [1.82, 2.24) is 25.1 Å². The highest BCUT2D eigenvalue weighted by atomic mass is 32.2. The number of hydrogen-bond acceptors (Lipinski definition) is 8. The number of nitrogens with zero attached hydrogens (tertiary/aromatic N) is 4. The van der Waals surface area contributed by atoms with Gasteiger partial charge in [0.15, 0.2) is 10.8 Å². The molecule has 2 aromatic heterocycles. The second kappa shape index (κ2) is 10.8. The van der Waals surface area contributed by atoms with Crippen molar-refractivity contribution in [2.24, 2.45) is 0 Å². The minimum Gasteiger partial charge on any atom is -0.496 e. The fraction of sp³-hybridized carbons (Fsp3) is 0.400. The zero-order chi connectivity index (χ0) is 21.3. The number of benzene rings is 1. The van der Waals surface area contributed by atoms with E-state index >= 15 is 0 Å². The zero-order valence-electron chi connectivity index (χ0n) is 17.3. The SMILES string of the molecule is CCSc1nc(NCCOC)c2cnn(CCNC(=O)c3ccccc3OC)c2n1. The van der Waals surface area contributed by atoms with E-state index in [9.17, 15) is 4.79 Å². The van der Waals surface area contributed by atoms with E-state index in [1.165, 1.54) is 0 Å². The second-order valence-corrected chi connectivity index (χ2v) is 7.50. The van der Waals surface area contributed by atoms with Gasteiger partial charge >= 0.3 is 0 Å². The molecule has 0 radical (unpaired) electrons. The van der Waals surface area contributed by atoms with Crippen LogP contribution in [-0.2, 0) is 11.3 Å². The summed E-state index contributed by atoms with van der Waals surface area (Å²) < 4.78 is 12.1. The minimum atomic E-state index is -0.192. The molecule has 3 rings (SSSR count). The monoisotopic (exact) mass is 430 g/mol. The molecule has 0 bridgehead atoms. The van der Waals surface area contributed by atoms with Crippen LogP contribution in [0.3, 0.4) is 0 Å². The van der Waals surface area contributed by atoms with Crippen molar-refractivity contribution >= 4 is 34.5 Å². The lowest BCUT2D eigenvalue weighted by Crippen LogP contribution is -2.28. The van der Waals surface area contributed by atoms with Crippen molar-refractivity contribution in [2.75, 3.05) is 45.0 Å². The number of ether oxygens (including phenoxy) is 2. The van der Waals surface area contributed by atoms with E-state index in [1.807, 2.05) is 6.07 Å². The van der Waals surface area contributed by atoms with Crippen molar-refractivity contribution in [3.63, 3.8) is 0 Å². The second-order valence-electron chi connectivity index (χ2n) is 6.27. The number of carbonyl (C=O) groups is 1. The van der Waals surface area contributed by atoms with Crippen LogP contribution in [0.2, 0.25) is 0 Å². The van der Waals surface area contributed by atoms with Gasteiger partial charge in [0, 0.05) is 20.2 Å². The van der Waals surface area contributed by atoms with E-state index in [2.05, 4.69) is 32.6 Å². The molecule has 3 aromatic rings. The van der Waals surface area contributed by atoms with Crippen molar-refractivity contribution in [2.45, 2.75) is 18.6 Å². The highest BCUT2D eigenvalue weighted by Gasteiger charge is 2.14. The van der Waals surface area contributed by atoms with E-state index < -0.39 is 0 Å². The Kier molecular flexibility index (Phi) is 7.86. The summed E-state index contributed by atoms with van der Waals surface area (Å²) in [7, 11) is 3.21. The summed E-state index contributed by atoms with van der Waals surface area (Å²) in [6.45, 7) is 4.15. The highest BCUT2D eigenvalue weighted by molar-refractivity contribution is 7.99. The number of thioether (sulfide) groups is 1. The molecule has 0 atom stereocenters. The van der Waals surface area contributed by atoms with Gasteiger partial charge in [0.25, 0.3) is 5.91 Å². The maximum absolute atomic E-state index is 12.5. The molecule has 0 spiro atoms. The number of aromatic nitrogens is 4. The summed E-state index contributed by atoms with van der Waals surface area (Å²) in [6.07, 6.45) is 1.74. The molecule has 0 aliphatic heterocycles. The molecule has 160 valence electrons. The number of methoxy groups -OCH3 is 2. The van der Waals surface area contributed by atoms with Gasteiger partial charge in [-0.25, -0.2) is 14.6 Å². The van der Waals surface area contributed by atoms with Crippen LogP contribution in [0.25, 0.3) is 11.0 Å². The maximum atomic E-state index is 12.5. The Hall–Kier alpha value is -2.85. The lowest BCUT2D eigenvalue weighted by Gasteiger charge is -2.10. The van der Waals surface area contributed by atoms with Crippen molar-refractivity contribution < 1.29 is 14.3 Å². The lowest BCUT2D eigenvalue weighted by atomic mass is 10.2. The van der Waals surface area contributed by atoms with Crippen LogP contribution in [0, 0.1) is 0 Å². The van der Waals surface area contributed by atoms with Gasteiger partial charge in [-0.15, -0.1) is 0 Å². The first kappa shape index (κ1) is 21.8. The Labute approximate surface area is 179 Å². The average molecular weight is 431 g/mol. The number of para-hydroxylation sites is 1. The molecule has 30 heavy (non-hydrogen) atoms. The number of nitrogens with one attached hydrogen (secondary N) is 2. The number of fused-ring (bicyclic) bond motifs is 1. The summed E-state index contributed by atoms with van der Waals surface area (Å²) in [5, 5.41) is 12.2. The molecule has 1 amide bonds. The van der Waals surface area contributed by atoms with Crippen LogP contribution in [-0.4, -0.2) is 65.3 Å². The molecular weight excluding hydrogens is 404 g/mol. The van der Waals surface area contributed by atoms with Gasteiger partial charge in [0.1, 0.15) is 11.6 Å². The zero-order valence-corrected chi connectivity index (χ0v) is 18.2. The van der Waals surface area contributed by atoms with Crippen LogP contribution in [0.4, 0.5) is 5.82 Å². The average Bonchev–Trinajstić information content (AvgIpc) is 3.17. The van der Waals surface area contributed by atoms with E-state index in [4.69, 9.17) is 9.47 Å². The standard InChI is InChI=1S/C20H26N6O3S/c1-4-30-20-24-17(21-10-12-28-2)15-13-23-26(18(15)25-20)11-9-22-19(27)14-7-5-6-8-16(14)29-3/h5-8,13H,4,9-12H2,1-3H3,(H,22,27)(H,21,24,25). The summed E-state index contributed by atoms with van der Waals surface area (Å²) in [6, 6.07) is 7.13. The van der Waals surface area contributed by atoms with Gasteiger partial charge in [0.2, 0.25) is 0 Å². The summed E-state index contributed by atoms with van der Waals surface area (Å²) in [4.78, 5) is 21.7. The Morgan fingerprint density at radius 3 is 2.80 bits per heavy atom. The molecule has 0 saturated carbocycles. The van der Waals surface area contributed by atoms with Crippen molar-refractivity contribution in [3.8, 4) is 5.75 Å². The molecule has 0 unspecified atom stereocenters. The molecule has 0 aliphatic carbocycles. The van der Waals surface area contributed by atoms with Crippen LogP contribution in [0.5, 0.6) is 5.75 Å². The third kappa shape index (κ3) is 5.19. The van der Waals surface area contributed by atoms with Gasteiger partial charge in [-0.3, -0.25) is 4.79 Å². The van der Waals surface area contributed by atoms with E-state index in [0.29, 0.717) is 42.7 Å². The van der Waals surface area contributed by atoms with E-state index in [-0.39, 0.29) is 5.91 Å². The normalized spacial score (nSPS) is 10.9. The Bertz CT molecular complexity index is 994. The molecule has 2 N–H and O–H groups in total. The van der Waals surface area contributed by atoms with Crippen molar-refractivity contribution in [3.05, 3.63) is 36.0 Å². The predicted molar refractivity (Wildman–Crippen MR) is 117 cm³/mol. The van der Waals surface area contributed by atoms with Gasteiger partial charge in [0.05, 0.1) is 37.4 Å². The Balaban J connectivity index is 1.73. The summed E-state index contributed by atoms with van der Waals surface area (Å²) in [5.74, 6) is 1.95. The third-order valence-electron chi connectivity index (χ3n) is 4.31. The quantitative estimate of drug-likeness (QED) is 0.272. The fourth-order valence-electron chi connectivity index (χ4n) is 2.90. The molecule has 2 heterocycles. The third-order valence-corrected chi connectivity index (χ3v) is 5.04. The van der Waals surface area contributed by atoms with Crippen molar-refractivity contribution in [1.29, 1.82) is 0 Å². The Morgan fingerprint density at radius 1 is 1.20 bits per heavy atom. The van der Waals surface area contributed by atoms with Gasteiger partial charge < -0.3 is 20.1 Å². The molecule has 0 fully saturated rings. The topological polar surface area (TPSA) is 103 Å². The lowest BCUT2D eigenvalue weighted by molar-refractivity contribution is 0.0949. The van der Waals surface area contributed by atoms with E-state index in [1.54, 1.807) is 55.1 Å². The van der Waals surface area contributed by atoms with Crippen LogP contribution >= 0.6 is 11.8 Å². The van der Waals surface area contributed by atoms with Crippen LogP contribution in [0.1, 0.15) is 17.3 Å². The van der Waals surface area contributed by atoms with E-state index in [0.717, 1.165) is 22.6 Å². The first-order chi connectivity index (χ1) is 14.7. The van der Waals surface area contributed by atoms with Crippen LogP contribution in [0.15, 0.2) is 35.6 Å². The molecule has 0 saturated heterocycles. The largest absolute Gasteiger partial charge is 0.496 e. The number of anilines is 1.